The largest absolute Gasteiger partial charge is 0.497 e. The van der Waals surface area contributed by atoms with Crippen LogP contribution >= 0.6 is 12.2 Å². The van der Waals surface area contributed by atoms with Crippen molar-refractivity contribution in [2.45, 2.75) is 39.2 Å². The molecule has 140 valence electrons. The molecule has 0 saturated carbocycles. The number of nitrogens with one attached hydrogen (secondary N) is 1. The highest BCUT2D eigenvalue weighted by Gasteiger charge is 2.23. The molecule has 25 heavy (non-hydrogen) atoms. The number of hydrogen-bond donors (Lipinski definition) is 1. The number of rotatable bonds is 7. The average molecular weight is 364 g/mol. The number of thiocarbonyl (C=S) groups is 1. The van der Waals surface area contributed by atoms with E-state index in [0.717, 1.165) is 42.8 Å². The van der Waals surface area contributed by atoms with E-state index in [0.29, 0.717) is 6.04 Å². The van der Waals surface area contributed by atoms with Gasteiger partial charge >= 0.3 is 0 Å². The molecule has 0 spiro atoms. The standard InChI is InChI=1S/C20H33N3OS/c1-5-22(15-18-10-12-23(13-11-18)20(25)21-3)16(2)14-17-6-8-19(24-4)9-7-17/h6-9,16,18H,5,10-15H2,1-4H3,(H,21,25). The molecule has 1 fully saturated rings. The third-order valence-electron chi connectivity index (χ3n) is 5.33. The van der Waals surface area contributed by atoms with Crippen molar-refractivity contribution in [2.24, 2.45) is 5.92 Å². The lowest BCUT2D eigenvalue weighted by molar-refractivity contribution is 0.149. The Hall–Kier alpha value is -1.33. The van der Waals surface area contributed by atoms with Gasteiger partial charge in [-0.3, -0.25) is 0 Å². The van der Waals surface area contributed by atoms with Gasteiger partial charge in [-0.25, -0.2) is 0 Å². The zero-order chi connectivity index (χ0) is 18.2. The van der Waals surface area contributed by atoms with Crippen LogP contribution in [0.5, 0.6) is 5.75 Å². The van der Waals surface area contributed by atoms with Gasteiger partial charge < -0.3 is 19.9 Å². The van der Waals surface area contributed by atoms with Crippen LogP contribution in [-0.2, 0) is 6.42 Å². The first kappa shape index (κ1) is 20.0. The van der Waals surface area contributed by atoms with Gasteiger partial charge in [-0.05, 0) is 68.6 Å². The maximum absolute atomic E-state index is 5.35. The number of piperidine rings is 1. The predicted octanol–water partition coefficient (Wildman–Crippen LogP) is 3.16. The second-order valence-corrected chi connectivity index (χ2v) is 7.36. The van der Waals surface area contributed by atoms with Crippen LogP contribution in [0.25, 0.3) is 0 Å². The van der Waals surface area contributed by atoms with Gasteiger partial charge in [0.25, 0.3) is 0 Å². The molecule has 1 heterocycles. The summed E-state index contributed by atoms with van der Waals surface area (Å²) in [4.78, 5) is 4.92. The molecule has 1 N–H and O–H groups in total. The van der Waals surface area contributed by atoms with Crippen molar-refractivity contribution in [1.82, 2.24) is 15.1 Å². The number of nitrogens with zero attached hydrogens (tertiary/aromatic N) is 2. The van der Waals surface area contributed by atoms with Gasteiger partial charge in [0.05, 0.1) is 7.11 Å². The molecule has 1 aliphatic rings. The molecule has 0 radical (unpaired) electrons. The van der Waals surface area contributed by atoms with E-state index in [1.807, 2.05) is 7.05 Å². The van der Waals surface area contributed by atoms with E-state index in [1.165, 1.54) is 24.9 Å². The van der Waals surface area contributed by atoms with E-state index < -0.39 is 0 Å². The Bertz CT molecular complexity index is 526. The van der Waals surface area contributed by atoms with Gasteiger partial charge in [0.15, 0.2) is 5.11 Å². The first-order valence-electron chi connectivity index (χ1n) is 9.41. The Morgan fingerprint density at radius 2 is 1.96 bits per heavy atom. The van der Waals surface area contributed by atoms with E-state index in [2.05, 4.69) is 53.2 Å². The number of hydrogen-bond acceptors (Lipinski definition) is 3. The van der Waals surface area contributed by atoms with Crippen molar-refractivity contribution in [1.29, 1.82) is 0 Å². The predicted molar refractivity (Wildman–Crippen MR) is 109 cm³/mol. The molecule has 4 nitrogen and oxygen atoms in total. The van der Waals surface area contributed by atoms with Crippen LogP contribution in [0.2, 0.25) is 0 Å². The van der Waals surface area contributed by atoms with Gasteiger partial charge in [0, 0.05) is 32.7 Å². The van der Waals surface area contributed by atoms with Gasteiger partial charge in [-0.1, -0.05) is 19.1 Å². The fraction of sp³-hybridized carbons (Fsp3) is 0.650. The minimum atomic E-state index is 0.551. The Morgan fingerprint density at radius 1 is 1.32 bits per heavy atom. The van der Waals surface area contributed by atoms with Gasteiger partial charge in [-0.2, -0.15) is 0 Å². The summed E-state index contributed by atoms with van der Waals surface area (Å²) in [5.41, 5.74) is 1.38. The van der Waals surface area contributed by atoms with Gasteiger partial charge in [0.2, 0.25) is 0 Å². The van der Waals surface area contributed by atoms with Gasteiger partial charge in [0.1, 0.15) is 5.75 Å². The van der Waals surface area contributed by atoms with Crippen LogP contribution in [0.15, 0.2) is 24.3 Å². The lowest BCUT2D eigenvalue weighted by Crippen LogP contribution is -2.46. The van der Waals surface area contributed by atoms with Crippen molar-refractivity contribution in [3.8, 4) is 5.75 Å². The van der Waals surface area contributed by atoms with Gasteiger partial charge in [-0.15, -0.1) is 0 Å². The number of ether oxygens (including phenoxy) is 1. The van der Waals surface area contributed by atoms with Crippen molar-refractivity contribution < 1.29 is 4.74 Å². The summed E-state index contributed by atoms with van der Waals surface area (Å²) in [7, 11) is 3.62. The lowest BCUT2D eigenvalue weighted by atomic mass is 9.95. The van der Waals surface area contributed by atoms with Crippen molar-refractivity contribution >= 4 is 17.3 Å². The fourth-order valence-electron chi connectivity index (χ4n) is 3.66. The highest BCUT2D eigenvalue weighted by Crippen LogP contribution is 2.21. The maximum atomic E-state index is 5.35. The van der Waals surface area contributed by atoms with Crippen LogP contribution in [0.1, 0.15) is 32.3 Å². The first-order chi connectivity index (χ1) is 12.1. The van der Waals surface area contributed by atoms with E-state index in [-0.39, 0.29) is 0 Å². The van der Waals surface area contributed by atoms with Crippen molar-refractivity contribution in [2.75, 3.05) is 40.3 Å². The Kier molecular flexibility index (Phi) is 7.97. The summed E-state index contributed by atoms with van der Waals surface area (Å²) in [6.45, 7) is 9.07. The number of likely N-dealkylation sites (N-methyl/N-ethyl adjacent to an activating group) is 1. The van der Waals surface area contributed by atoms with Crippen molar-refractivity contribution in [3.63, 3.8) is 0 Å². The summed E-state index contributed by atoms with van der Waals surface area (Å²) in [5, 5.41) is 3.98. The third-order valence-corrected chi connectivity index (χ3v) is 5.79. The molecule has 0 aliphatic carbocycles. The highest BCUT2D eigenvalue weighted by atomic mass is 32.1. The van der Waals surface area contributed by atoms with Crippen LogP contribution in [-0.4, -0.2) is 61.3 Å². The van der Waals surface area contributed by atoms with Crippen LogP contribution in [0, 0.1) is 5.92 Å². The Labute approximate surface area is 158 Å². The SMILES string of the molecule is CCN(CC1CCN(C(=S)NC)CC1)C(C)Cc1ccc(OC)cc1. The van der Waals surface area contributed by atoms with E-state index >= 15 is 0 Å². The smallest absolute Gasteiger partial charge is 0.168 e. The van der Waals surface area contributed by atoms with Crippen LogP contribution in [0.3, 0.4) is 0 Å². The zero-order valence-electron chi connectivity index (χ0n) is 16.1. The normalized spacial score (nSPS) is 16.8. The molecule has 0 aromatic heterocycles. The summed E-state index contributed by atoms with van der Waals surface area (Å²) < 4.78 is 5.25. The zero-order valence-corrected chi connectivity index (χ0v) is 16.9. The summed E-state index contributed by atoms with van der Waals surface area (Å²) >= 11 is 5.35. The molecule has 0 amide bonds. The second-order valence-electron chi connectivity index (χ2n) is 6.97. The third kappa shape index (κ3) is 5.86. The number of benzene rings is 1. The molecule has 1 unspecified atom stereocenters. The first-order valence-corrected chi connectivity index (χ1v) is 9.81. The molecular formula is C20H33N3OS. The fourth-order valence-corrected chi connectivity index (χ4v) is 3.84. The molecule has 2 rings (SSSR count). The molecule has 0 bridgehead atoms. The van der Waals surface area contributed by atoms with E-state index in [4.69, 9.17) is 17.0 Å². The minimum absolute atomic E-state index is 0.551. The summed E-state index contributed by atoms with van der Waals surface area (Å²) in [6, 6.07) is 9.02. The summed E-state index contributed by atoms with van der Waals surface area (Å²) in [6.07, 6.45) is 3.54. The Balaban J connectivity index is 1.83. The lowest BCUT2D eigenvalue weighted by Gasteiger charge is -2.37. The number of methoxy groups -OCH3 is 1. The van der Waals surface area contributed by atoms with E-state index in [9.17, 15) is 0 Å². The number of likely N-dealkylation sites (tertiary alicyclic amines) is 1. The Morgan fingerprint density at radius 3 is 2.48 bits per heavy atom. The molecule has 5 heteroatoms. The monoisotopic (exact) mass is 363 g/mol. The molecule has 1 aromatic carbocycles. The summed E-state index contributed by atoms with van der Waals surface area (Å²) in [5.74, 6) is 1.70. The average Bonchev–Trinajstić information content (AvgIpc) is 2.66. The van der Waals surface area contributed by atoms with Crippen LogP contribution < -0.4 is 10.1 Å². The molecule has 1 aliphatic heterocycles. The highest BCUT2D eigenvalue weighted by molar-refractivity contribution is 7.80. The quantitative estimate of drug-likeness (QED) is 0.751. The minimum Gasteiger partial charge on any atom is -0.497 e. The molecule has 1 aromatic rings. The molecular weight excluding hydrogens is 330 g/mol. The van der Waals surface area contributed by atoms with E-state index in [1.54, 1.807) is 7.11 Å². The molecule has 1 saturated heterocycles. The van der Waals surface area contributed by atoms with Crippen molar-refractivity contribution in [3.05, 3.63) is 29.8 Å². The topological polar surface area (TPSA) is 27.7 Å². The maximum Gasteiger partial charge on any atom is 0.168 e. The molecule has 1 atom stereocenters. The second kappa shape index (κ2) is 9.97. The van der Waals surface area contributed by atoms with Crippen LogP contribution in [0.4, 0.5) is 0 Å².